The predicted molar refractivity (Wildman–Crippen MR) is 218 cm³/mol. The predicted octanol–water partition coefficient (Wildman–Crippen LogP) is 4.49. The molecule has 0 saturated heterocycles. The minimum absolute atomic E-state index is 0.0547. The Morgan fingerprint density at radius 1 is 0.581 bits per heavy atom. The molecule has 7 saturated carbocycles. The third-order valence-electron chi connectivity index (χ3n) is 19.4. The summed E-state index contributed by atoms with van der Waals surface area (Å²) in [5, 5.41) is 49.7. The molecule has 344 valence electrons. The van der Waals surface area contributed by atoms with Gasteiger partial charge >= 0.3 is 23.9 Å². The fraction of sp³-hybridized carbons (Fsp3) is 0.854. The van der Waals surface area contributed by atoms with E-state index >= 15 is 4.79 Å². The average Bonchev–Trinajstić information content (AvgIpc) is 3.45. The average molecular weight is 869 g/mol. The lowest BCUT2D eigenvalue weighted by Gasteiger charge is -2.68. The molecule has 0 amide bonds. The Morgan fingerprint density at radius 3 is 1.52 bits per heavy atom. The SMILES string of the molecule is CC(=O)OC1CC2CC3(CC(O)C4C(C)(C)C(OC(C)=O)CC(O)C4(C)C13)C(=O)C21CCC2=C(O1)C13CC2CC(OC(C)=O)C1C1(C)C(O)CC(OC(C)=O)C(C)(C)C1C(O)C3. The van der Waals surface area contributed by atoms with Gasteiger partial charge in [-0.05, 0) is 62.9 Å². The van der Waals surface area contributed by atoms with Crippen LogP contribution in [0.2, 0.25) is 0 Å². The summed E-state index contributed by atoms with van der Waals surface area (Å²) in [6, 6.07) is 0. The first-order valence-corrected chi connectivity index (χ1v) is 23.1. The molecule has 9 aliphatic rings. The molecule has 19 unspecified atom stereocenters. The highest BCUT2D eigenvalue weighted by molar-refractivity contribution is 5.97. The van der Waals surface area contributed by atoms with E-state index in [4.69, 9.17) is 23.7 Å². The minimum Gasteiger partial charge on any atom is -0.483 e. The first-order chi connectivity index (χ1) is 28.7. The van der Waals surface area contributed by atoms with Gasteiger partial charge in [-0.1, -0.05) is 41.5 Å². The molecule has 4 N–H and O–H groups in total. The van der Waals surface area contributed by atoms with Crippen molar-refractivity contribution in [2.24, 2.45) is 68.0 Å². The molecular weight excluding hydrogens is 801 g/mol. The molecule has 8 aliphatic carbocycles. The van der Waals surface area contributed by atoms with Crippen LogP contribution in [0.15, 0.2) is 11.3 Å². The number of Topliss-reactive ketones (excluding diaryl/α,β-unsaturated/α-hetero) is 1. The van der Waals surface area contributed by atoms with Crippen LogP contribution < -0.4 is 0 Å². The molecule has 14 nitrogen and oxygen atoms in total. The van der Waals surface area contributed by atoms with Crippen LogP contribution >= 0.6 is 0 Å². The Kier molecular flexibility index (Phi) is 9.78. The minimum atomic E-state index is -1.38. The van der Waals surface area contributed by atoms with E-state index in [1.807, 2.05) is 41.5 Å². The fourth-order valence-electron chi connectivity index (χ4n) is 18.1. The van der Waals surface area contributed by atoms with Crippen LogP contribution in [0.1, 0.15) is 133 Å². The monoisotopic (exact) mass is 868 g/mol. The number of fused-ring (bicyclic) bond motifs is 8. The van der Waals surface area contributed by atoms with Crippen molar-refractivity contribution in [1.82, 2.24) is 0 Å². The second-order valence-corrected chi connectivity index (χ2v) is 23.1. The van der Waals surface area contributed by atoms with Crippen molar-refractivity contribution < 1.29 is 68.1 Å². The van der Waals surface area contributed by atoms with Gasteiger partial charge in [0.25, 0.3) is 0 Å². The van der Waals surface area contributed by atoms with Gasteiger partial charge in [0.05, 0.1) is 24.4 Å². The van der Waals surface area contributed by atoms with Crippen LogP contribution in [0.25, 0.3) is 0 Å². The normalized spacial score (nSPS) is 51.4. The van der Waals surface area contributed by atoms with E-state index in [0.717, 1.165) is 5.57 Å². The standard InChI is InChI=1S/C48H68O14/c1-21(49)58-30-13-25-17-46(19-28(53)36-42(5,6)34(60-23(3)51)15-32(55)44(36,9)38(30)46)40-27(25)11-12-48(62-40)26-14-31(59-22(2)50)39-45(10)33(56)16-35(61-24(4)52)43(7,8)37(45)29(54)20-47(39,18-26)41(48)57/h25-26,28-39,53-56H,11-20H2,1-10H3. The number of carbonyl (C=O) groups is 5. The molecule has 9 rings (SSSR count). The molecule has 0 radical (unpaired) electrons. The first-order valence-electron chi connectivity index (χ1n) is 23.1. The van der Waals surface area contributed by atoms with Gasteiger partial charge in [-0.3, -0.25) is 24.0 Å². The van der Waals surface area contributed by atoms with Gasteiger partial charge in [-0.2, -0.15) is 0 Å². The summed E-state index contributed by atoms with van der Waals surface area (Å²) in [4.78, 5) is 66.7. The highest BCUT2D eigenvalue weighted by atomic mass is 16.6. The molecule has 0 aromatic heterocycles. The summed E-state index contributed by atoms with van der Waals surface area (Å²) in [5.74, 6) is -4.36. The zero-order chi connectivity index (χ0) is 45.2. The van der Waals surface area contributed by atoms with Gasteiger partial charge in [-0.25, -0.2) is 0 Å². The van der Waals surface area contributed by atoms with E-state index in [-0.39, 0.29) is 37.4 Å². The lowest BCUT2D eigenvalue weighted by atomic mass is 9.38. The number of aliphatic hydroxyl groups is 4. The molecule has 3 spiro atoms. The van der Waals surface area contributed by atoms with Crippen molar-refractivity contribution in [1.29, 1.82) is 0 Å². The van der Waals surface area contributed by atoms with Crippen molar-refractivity contribution in [2.45, 2.75) is 188 Å². The van der Waals surface area contributed by atoms with Gasteiger partial charge in [0.2, 0.25) is 0 Å². The largest absolute Gasteiger partial charge is 0.483 e. The summed E-state index contributed by atoms with van der Waals surface area (Å²) in [5.41, 5.74) is -6.30. The number of aliphatic hydroxyl groups excluding tert-OH is 4. The summed E-state index contributed by atoms with van der Waals surface area (Å²) < 4.78 is 31.7. The van der Waals surface area contributed by atoms with E-state index in [0.29, 0.717) is 44.3 Å². The zero-order valence-corrected chi connectivity index (χ0v) is 38.0. The quantitative estimate of drug-likeness (QED) is 0.227. The summed E-state index contributed by atoms with van der Waals surface area (Å²) in [7, 11) is 0. The number of hydrogen-bond acceptors (Lipinski definition) is 14. The smallest absolute Gasteiger partial charge is 0.302 e. The third-order valence-corrected chi connectivity index (χ3v) is 19.4. The molecule has 1 aliphatic heterocycles. The van der Waals surface area contributed by atoms with Crippen molar-refractivity contribution in [3.63, 3.8) is 0 Å². The molecule has 0 aromatic carbocycles. The number of ketones is 1. The van der Waals surface area contributed by atoms with Crippen LogP contribution in [0, 0.1) is 68.0 Å². The molecule has 4 bridgehead atoms. The number of esters is 4. The van der Waals surface area contributed by atoms with Crippen LogP contribution in [-0.4, -0.2) is 105 Å². The molecule has 1 heterocycles. The lowest BCUT2D eigenvalue weighted by Crippen LogP contribution is -2.72. The topological polar surface area (TPSA) is 212 Å². The van der Waals surface area contributed by atoms with Crippen LogP contribution in [0.5, 0.6) is 0 Å². The number of ether oxygens (including phenoxy) is 5. The Bertz CT molecular complexity index is 2010. The number of rotatable bonds is 4. The van der Waals surface area contributed by atoms with Gasteiger partial charge in [0, 0.05) is 103 Å². The maximum atomic E-state index is 16.1. The zero-order valence-electron chi connectivity index (χ0n) is 38.0. The van der Waals surface area contributed by atoms with Gasteiger partial charge < -0.3 is 44.1 Å². The number of hydrogen-bond donors (Lipinski definition) is 4. The highest BCUT2D eigenvalue weighted by Gasteiger charge is 2.81. The fourth-order valence-corrected chi connectivity index (χ4v) is 18.1. The highest BCUT2D eigenvalue weighted by Crippen LogP contribution is 2.78. The molecule has 19 atom stereocenters. The van der Waals surface area contributed by atoms with E-state index in [1.165, 1.54) is 27.7 Å². The maximum absolute atomic E-state index is 16.1. The van der Waals surface area contributed by atoms with E-state index in [9.17, 15) is 39.6 Å². The van der Waals surface area contributed by atoms with Crippen LogP contribution in [0.3, 0.4) is 0 Å². The van der Waals surface area contributed by atoms with E-state index < -0.39 is 140 Å². The van der Waals surface area contributed by atoms with Crippen molar-refractivity contribution in [3.05, 3.63) is 11.3 Å². The van der Waals surface area contributed by atoms with Gasteiger partial charge in [-0.15, -0.1) is 0 Å². The number of carbonyl (C=O) groups excluding carboxylic acids is 5. The maximum Gasteiger partial charge on any atom is 0.302 e. The van der Waals surface area contributed by atoms with Crippen LogP contribution in [0.4, 0.5) is 0 Å². The summed E-state index contributed by atoms with van der Waals surface area (Å²) in [6.07, 6.45) is -3.95. The van der Waals surface area contributed by atoms with E-state index in [1.54, 1.807) is 0 Å². The molecule has 7 fully saturated rings. The Morgan fingerprint density at radius 2 is 1.03 bits per heavy atom. The number of allylic oxidation sites excluding steroid dienone is 2. The van der Waals surface area contributed by atoms with Crippen LogP contribution in [-0.2, 0) is 47.7 Å². The molecule has 62 heavy (non-hydrogen) atoms. The first kappa shape index (κ1) is 44.1. The summed E-state index contributed by atoms with van der Waals surface area (Å²) >= 11 is 0. The van der Waals surface area contributed by atoms with Crippen molar-refractivity contribution >= 4 is 29.7 Å². The van der Waals surface area contributed by atoms with E-state index in [2.05, 4.69) is 0 Å². The van der Waals surface area contributed by atoms with Gasteiger partial charge in [0.1, 0.15) is 30.2 Å². The third kappa shape index (κ3) is 5.50. The second kappa shape index (κ2) is 13.7. The molecule has 14 heteroatoms. The van der Waals surface area contributed by atoms with Crippen molar-refractivity contribution in [3.8, 4) is 0 Å². The van der Waals surface area contributed by atoms with Crippen molar-refractivity contribution in [2.75, 3.05) is 0 Å². The summed E-state index contributed by atoms with van der Waals surface area (Å²) in [6.45, 7) is 17.1. The molecular formula is C48H68O14. The Hall–Kier alpha value is -3.07. The Labute approximate surface area is 364 Å². The lowest BCUT2D eigenvalue weighted by molar-refractivity contribution is -0.284. The molecule has 0 aromatic rings. The Balaban J connectivity index is 1.15. The van der Waals surface area contributed by atoms with Gasteiger partial charge in [0.15, 0.2) is 11.4 Å². The second-order valence-electron chi connectivity index (χ2n) is 23.1.